The number of nitrogens with one attached hydrogen (secondary N) is 3. The monoisotopic (exact) mass is 423 g/mol. The zero-order valence-electron chi connectivity index (χ0n) is 15.3. The van der Waals surface area contributed by atoms with Crippen molar-refractivity contribution < 1.29 is 41.1 Å². The summed E-state index contributed by atoms with van der Waals surface area (Å²) in [7, 11) is 0. The molecule has 0 aliphatic carbocycles. The molecule has 2 rings (SSSR count). The number of alkyl halides is 5. The highest BCUT2D eigenvalue weighted by Gasteiger charge is 2.57. The van der Waals surface area contributed by atoms with Crippen molar-refractivity contribution in [2.24, 2.45) is 5.92 Å². The molecule has 12 heteroatoms. The van der Waals surface area contributed by atoms with Crippen LogP contribution in [0.15, 0.2) is 24.3 Å². The van der Waals surface area contributed by atoms with Gasteiger partial charge in [-0.3, -0.25) is 14.4 Å². The normalized spacial score (nSPS) is 20.4. The van der Waals surface area contributed by atoms with E-state index in [9.17, 15) is 36.3 Å². The van der Waals surface area contributed by atoms with Gasteiger partial charge < -0.3 is 20.7 Å². The highest BCUT2D eigenvalue weighted by atomic mass is 19.4. The molecule has 1 heterocycles. The Kier molecular flexibility index (Phi) is 6.34. The molecule has 3 N–H and O–H groups in total. The quantitative estimate of drug-likeness (QED) is 0.498. The Morgan fingerprint density at radius 1 is 1.17 bits per heavy atom. The van der Waals surface area contributed by atoms with Gasteiger partial charge in [0.2, 0.25) is 11.8 Å². The smallest absolute Gasteiger partial charge is 0.455 e. The van der Waals surface area contributed by atoms with Crippen LogP contribution in [0, 0.1) is 5.92 Å². The number of rotatable bonds is 5. The van der Waals surface area contributed by atoms with E-state index in [1.807, 2.05) is 0 Å². The standard InChI is InChI=1S/C17H18F5N3O4/c1-8(13(26)23-7-16(18,19)17(20,21)22)14(27)25-12-9(2)29-11-6-4-3-5-10(11)24-15(12)28/h3-6,8-9,12H,7H2,1-2H3,(H,23,26)(H,24,28)(H,25,27)/t8?,9-,12-/m0/s1. The molecule has 1 unspecified atom stereocenters. The maximum absolute atomic E-state index is 12.9. The summed E-state index contributed by atoms with van der Waals surface area (Å²) < 4.78 is 67.8. The SMILES string of the molecule is CC(C(=O)NCC(F)(F)C(F)(F)F)C(=O)N[C@@H]1C(=O)Nc2ccccc2O[C@H]1C. The van der Waals surface area contributed by atoms with Crippen LogP contribution in [-0.2, 0) is 14.4 Å². The Hall–Kier alpha value is -2.92. The second-order valence-electron chi connectivity index (χ2n) is 6.44. The Morgan fingerprint density at radius 2 is 1.79 bits per heavy atom. The second kappa shape index (κ2) is 8.21. The lowest BCUT2D eigenvalue weighted by molar-refractivity contribution is -0.278. The molecule has 29 heavy (non-hydrogen) atoms. The molecule has 1 aromatic carbocycles. The van der Waals surface area contributed by atoms with Crippen LogP contribution in [0.4, 0.5) is 27.6 Å². The van der Waals surface area contributed by atoms with E-state index in [4.69, 9.17) is 4.74 Å². The largest absolute Gasteiger partial charge is 0.486 e. The summed E-state index contributed by atoms with van der Waals surface area (Å²) in [5, 5.41) is 6.18. The van der Waals surface area contributed by atoms with E-state index in [2.05, 4.69) is 10.6 Å². The van der Waals surface area contributed by atoms with Gasteiger partial charge in [-0.15, -0.1) is 0 Å². The topological polar surface area (TPSA) is 96.5 Å². The number of halogens is 5. The van der Waals surface area contributed by atoms with Crippen LogP contribution in [0.1, 0.15) is 13.8 Å². The lowest BCUT2D eigenvalue weighted by atomic mass is 10.1. The number of anilines is 1. The zero-order chi connectivity index (χ0) is 22.0. The summed E-state index contributed by atoms with van der Waals surface area (Å²) in [5.41, 5.74) is 0.362. The Morgan fingerprint density at radius 3 is 2.41 bits per heavy atom. The van der Waals surface area contributed by atoms with E-state index in [1.54, 1.807) is 24.3 Å². The van der Waals surface area contributed by atoms with Crippen molar-refractivity contribution in [3.8, 4) is 5.75 Å². The van der Waals surface area contributed by atoms with Gasteiger partial charge in [-0.25, -0.2) is 0 Å². The number of para-hydroxylation sites is 2. The lowest BCUT2D eigenvalue weighted by Crippen LogP contribution is -2.54. The third-order valence-electron chi connectivity index (χ3n) is 4.19. The van der Waals surface area contributed by atoms with Gasteiger partial charge in [0.15, 0.2) is 0 Å². The van der Waals surface area contributed by atoms with Gasteiger partial charge in [-0.05, 0) is 26.0 Å². The first-order valence-corrected chi connectivity index (χ1v) is 8.42. The molecule has 0 spiro atoms. The molecule has 0 fully saturated rings. The first-order chi connectivity index (χ1) is 13.3. The van der Waals surface area contributed by atoms with Gasteiger partial charge >= 0.3 is 12.1 Å². The first-order valence-electron chi connectivity index (χ1n) is 8.42. The number of ether oxygens (including phenoxy) is 1. The predicted octanol–water partition coefficient (Wildman–Crippen LogP) is 1.84. The van der Waals surface area contributed by atoms with Crippen molar-refractivity contribution in [1.29, 1.82) is 0 Å². The van der Waals surface area contributed by atoms with Gasteiger partial charge in [0.25, 0.3) is 5.91 Å². The zero-order valence-corrected chi connectivity index (χ0v) is 15.3. The maximum atomic E-state index is 12.9. The average Bonchev–Trinajstić information content (AvgIpc) is 2.74. The molecule has 0 aromatic heterocycles. The van der Waals surface area contributed by atoms with Crippen LogP contribution in [0.5, 0.6) is 5.75 Å². The van der Waals surface area contributed by atoms with Crippen LogP contribution in [0.2, 0.25) is 0 Å². The minimum Gasteiger partial charge on any atom is -0.486 e. The highest BCUT2D eigenvalue weighted by Crippen LogP contribution is 2.34. The fraction of sp³-hybridized carbons (Fsp3) is 0.471. The number of benzene rings is 1. The van der Waals surface area contributed by atoms with E-state index in [0.717, 1.165) is 6.92 Å². The molecule has 1 aliphatic rings. The molecule has 1 aliphatic heterocycles. The van der Waals surface area contributed by atoms with E-state index in [1.165, 1.54) is 12.2 Å². The minimum absolute atomic E-state index is 0.352. The van der Waals surface area contributed by atoms with E-state index in [0.29, 0.717) is 11.4 Å². The minimum atomic E-state index is -5.84. The molecule has 1 aromatic rings. The maximum Gasteiger partial charge on any atom is 0.455 e. The summed E-state index contributed by atoms with van der Waals surface area (Å²) >= 11 is 0. The van der Waals surface area contributed by atoms with Crippen LogP contribution < -0.4 is 20.7 Å². The summed E-state index contributed by atoms with van der Waals surface area (Å²) in [6.07, 6.45) is -6.70. The first kappa shape index (κ1) is 22.4. The number of hydrogen-bond acceptors (Lipinski definition) is 4. The number of fused-ring (bicyclic) bond motifs is 1. The van der Waals surface area contributed by atoms with Crippen molar-refractivity contribution in [3.05, 3.63) is 24.3 Å². The second-order valence-corrected chi connectivity index (χ2v) is 6.44. The molecular formula is C17H18F5N3O4. The van der Waals surface area contributed by atoms with Gasteiger partial charge in [-0.1, -0.05) is 12.1 Å². The van der Waals surface area contributed by atoms with Crippen LogP contribution in [0.25, 0.3) is 0 Å². The Labute approximate surface area is 162 Å². The van der Waals surface area contributed by atoms with Gasteiger partial charge in [0, 0.05) is 0 Å². The third-order valence-corrected chi connectivity index (χ3v) is 4.19. The number of carbonyl (C=O) groups excluding carboxylic acids is 3. The molecule has 0 bridgehead atoms. The summed E-state index contributed by atoms with van der Waals surface area (Å²) in [4.78, 5) is 36.4. The van der Waals surface area contributed by atoms with Gasteiger partial charge in [0.1, 0.15) is 23.8 Å². The number of hydrogen-bond donors (Lipinski definition) is 3. The fourth-order valence-corrected chi connectivity index (χ4v) is 2.40. The average molecular weight is 423 g/mol. The molecule has 3 amide bonds. The van der Waals surface area contributed by atoms with E-state index in [-0.39, 0.29) is 0 Å². The number of amides is 3. The summed E-state index contributed by atoms with van der Waals surface area (Å²) in [6, 6.07) is 5.24. The molecular weight excluding hydrogens is 405 g/mol. The van der Waals surface area contributed by atoms with Crippen molar-refractivity contribution in [3.63, 3.8) is 0 Å². The van der Waals surface area contributed by atoms with Crippen LogP contribution >= 0.6 is 0 Å². The molecule has 160 valence electrons. The van der Waals surface area contributed by atoms with Crippen LogP contribution in [-0.4, -0.2) is 48.5 Å². The lowest BCUT2D eigenvalue weighted by Gasteiger charge is -2.24. The molecule has 0 saturated heterocycles. The van der Waals surface area contributed by atoms with E-state index < -0.39 is 54.4 Å². The highest BCUT2D eigenvalue weighted by molar-refractivity contribution is 6.04. The van der Waals surface area contributed by atoms with E-state index >= 15 is 0 Å². The predicted molar refractivity (Wildman–Crippen MR) is 90.3 cm³/mol. The molecule has 7 nitrogen and oxygen atoms in total. The number of carbonyl (C=O) groups is 3. The third kappa shape index (κ3) is 5.12. The fourth-order valence-electron chi connectivity index (χ4n) is 2.40. The van der Waals surface area contributed by atoms with Crippen molar-refractivity contribution >= 4 is 23.4 Å². The van der Waals surface area contributed by atoms with Crippen LogP contribution in [0.3, 0.4) is 0 Å². The Balaban J connectivity index is 2.00. The van der Waals surface area contributed by atoms with Gasteiger partial charge in [-0.2, -0.15) is 22.0 Å². The Bertz CT molecular complexity index is 800. The summed E-state index contributed by atoms with van der Waals surface area (Å²) in [6.45, 7) is 0.484. The van der Waals surface area contributed by atoms with Crippen molar-refractivity contribution in [2.45, 2.75) is 38.1 Å². The molecule has 0 radical (unpaired) electrons. The van der Waals surface area contributed by atoms with Crippen molar-refractivity contribution in [1.82, 2.24) is 10.6 Å². The summed E-state index contributed by atoms with van der Waals surface area (Å²) in [5.74, 6) is -9.47. The van der Waals surface area contributed by atoms with Gasteiger partial charge in [0.05, 0.1) is 12.2 Å². The molecule has 0 saturated carbocycles. The van der Waals surface area contributed by atoms with Crippen molar-refractivity contribution in [2.75, 3.05) is 11.9 Å². The molecule has 3 atom stereocenters.